The minimum Gasteiger partial charge on any atom is -0.260 e. The fourth-order valence-corrected chi connectivity index (χ4v) is 3.39. The highest BCUT2D eigenvalue weighted by Crippen LogP contribution is 2.22. The lowest BCUT2D eigenvalue weighted by Gasteiger charge is -2.14. The van der Waals surface area contributed by atoms with Crippen molar-refractivity contribution in [1.29, 1.82) is 0 Å². The summed E-state index contributed by atoms with van der Waals surface area (Å²) < 4.78 is 27.0. The molecule has 0 saturated heterocycles. The lowest BCUT2D eigenvalue weighted by molar-refractivity contribution is 0.564. The molecule has 1 N–H and O–H groups in total. The monoisotopic (exact) mass is 296 g/mol. The summed E-state index contributed by atoms with van der Waals surface area (Å²) in [5, 5.41) is 0.197. The van der Waals surface area contributed by atoms with Gasteiger partial charge >= 0.3 is 0 Å². The maximum Gasteiger partial charge on any atom is 0.242 e. The molecule has 4 nitrogen and oxygen atoms in total. The van der Waals surface area contributed by atoms with Gasteiger partial charge in [-0.3, -0.25) is 4.98 Å². The van der Waals surface area contributed by atoms with Crippen molar-refractivity contribution in [2.75, 3.05) is 0 Å². The Labute approximate surface area is 117 Å². The average Bonchev–Trinajstić information content (AvgIpc) is 2.39. The Hall–Kier alpha value is -1.43. The van der Waals surface area contributed by atoms with E-state index < -0.39 is 16.1 Å². The van der Waals surface area contributed by atoms with Gasteiger partial charge in [0.25, 0.3) is 0 Å². The van der Waals surface area contributed by atoms with Gasteiger partial charge in [0.2, 0.25) is 10.0 Å². The second-order valence-electron chi connectivity index (χ2n) is 4.03. The summed E-state index contributed by atoms with van der Waals surface area (Å²) in [6.45, 7) is 1.73. The van der Waals surface area contributed by atoms with Crippen molar-refractivity contribution in [3.8, 4) is 0 Å². The van der Waals surface area contributed by atoms with Crippen LogP contribution in [0, 0.1) is 0 Å². The molecular formula is C13H13ClN2O2S. The Morgan fingerprint density at radius 3 is 2.47 bits per heavy atom. The second-order valence-corrected chi connectivity index (χ2v) is 6.12. The van der Waals surface area contributed by atoms with Crippen molar-refractivity contribution in [2.45, 2.75) is 17.9 Å². The van der Waals surface area contributed by atoms with Gasteiger partial charge in [-0.15, -0.1) is 0 Å². The van der Waals surface area contributed by atoms with Gasteiger partial charge in [-0.2, -0.15) is 0 Å². The third kappa shape index (κ3) is 3.32. The largest absolute Gasteiger partial charge is 0.260 e. The van der Waals surface area contributed by atoms with E-state index in [4.69, 9.17) is 11.6 Å². The van der Waals surface area contributed by atoms with E-state index in [0.717, 1.165) is 0 Å². The Morgan fingerprint density at radius 2 is 1.84 bits per heavy atom. The van der Waals surface area contributed by atoms with Crippen LogP contribution >= 0.6 is 11.6 Å². The summed E-state index contributed by atoms with van der Waals surface area (Å²) in [7, 11) is -3.66. The molecule has 2 aromatic rings. The summed E-state index contributed by atoms with van der Waals surface area (Å²) >= 11 is 5.90. The van der Waals surface area contributed by atoms with Crippen LogP contribution < -0.4 is 4.72 Å². The summed E-state index contributed by atoms with van der Waals surface area (Å²) in [6.07, 6.45) is 1.62. The molecule has 0 fully saturated rings. The molecule has 0 spiro atoms. The van der Waals surface area contributed by atoms with E-state index in [-0.39, 0.29) is 9.92 Å². The summed E-state index contributed by atoms with van der Waals surface area (Å²) in [4.78, 5) is 4.19. The van der Waals surface area contributed by atoms with E-state index in [1.54, 1.807) is 43.5 Å². The van der Waals surface area contributed by atoms with E-state index >= 15 is 0 Å². The van der Waals surface area contributed by atoms with Crippen LogP contribution in [0.15, 0.2) is 53.6 Å². The molecular weight excluding hydrogens is 284 g/mol. The average molecular weight is 297 g/mol. The molecule has 0 bridgehead atoms. The standard InChI is InChI=1S/C13H13ClN2O2S/c1-10(12-7-4-5-9-15-12)16-19(17,18)13-8-3-2-6-11(13)14/h2-10,16H,1H3/t10-/m0/s1. The van der Waals surface area contributed by atoms with Crippen molar-refractivity contribution >= 4 is 21.6 Å². The number of benzene rings is 1. The third-order valence-electron chi connectivity index (χ3n) is 2.59. The van der Waals surface area contributed by atoms with E-state index in [2.05, 4.69) is 9.71 Å². The predicted molar refractivity (Wildman–Crippen MR) is 74.4 cm³/mol. The van der Waals surface area contributed by atoms with Crippen LogP contribution in [-0.4, -0.2) is 13.4 Å². The molecule has 19 heavy (non-hydrogen) atoms. The van der Waals surface area contributed by atoms with Crippen LogP contribution in [0.3, 0.4) is 0 Å². The molecule has 100 valence electrons. The van der Waals surface area contributed by atoms with Crippen LogP contribution in [-0.2, 0) is 10.0 Å². The fourth-order valence-electron chi connectivity index (χ4n) is 1.65. The molecule has 2 rings (SSSR count). The Kier molecular flexibility index (Phi) is 4.19. The SMILES string of the molecule is C[C@H](NS(=O)(=O)c1ccccc1Cl)c1ccccn1. The highest BCUT2D eigenvalue weighted by molar-refractivity contribution is 7.89. The number of hydrogen-bond acceptors (Lipinski definition) is 3. The quantitative estimate of drug-likeness (QED) is 0.944. The number of hydrogen-bond donors (Lipinski definition) is 1. The van der Waals surface area contributed by atoms with Crippen molar-refractivity contribution in [3.63, 3.8) is 0 Å². The van der Waals surface area contributed by atoms with Crippen molar-refractivity contribution in [1.82, 2.24) is 9.71 Å². The molecule has 0 amide bonds. The van der Waals surface area contributed by atoms with Gasteiger partial charge in [-0.05, 0) is 31.2 Å². The molecule has 0 unspecified atom stereocenters. The molecule has 1 aromatic heterocycles. The molecule has 1 heterocycles. The smallest absolute Gasteiger partial charge is 0.242 e. The number of pyridine rings is 1. The molecule has 0 radical (unpaired) electrons. The van der Waals surface area contributed by atoms with Crippen molar-refractivity contribution < 1.29 is 8.42 Å². The van der Waals surface area contributed by atoms with E-state index in [9.17, 15) is 8.42 Å². The normalized spacial score (nSPS) is 13.2. The van der Waals surface area contributed by atoms with Gasteiger partial charge < -0.3 is 0 Å². The molecule has 1 aromatic carbocycles. The third-order valence-corrected chi connectivity index (χ3v) is 4.63. The van der Waals surface area contributed by atoms with Gasteiger partial charge in [0.05, 0.1) is 16.8 Å². The van der Waals surface area contributed by atoms with Crippen LogP contribution in [0.5, 0.6) is 0 Å². The zero-order valence-corrected chi connectivity index (χ0v) is 11.8. The van der Waals surface area contributed by atoms with E-state index in [1.165, 1.54) is 6.07 Å². The Morgan fingerprint density at radius 1 is 1.16 bits per heavy atom. The summed E-state index contributed by atoms with van der Waals surface area (Å²) in [5.41, 5.74) is 0.651. The fraction of sp³-hybridized carbons (Fsp3) is 0.154. The van der Waals surface area contributed by atoms with Crippen LogP contribution in [0.2, 0.25) is 5.02 Å². The predicted octanol–water partition coefficient (Wildman–Crippen LogP) is 2.77. The Bertz CT molecular complexity index is 659. The van der Waals surface area contributed by atoms with E-state index in [0.29, 0.717) is 5.69 Å². The molecule has 0 saturated carbocycles. The first kappa shape index (κ1) is 14.0. The summed E-state index contributed by atoms with van der Waals surface area (Å²) in [6, 6.07) is 11.2. The Balaban J connectivity index is 2.26. The number of nitrogens with zero attached hydrogens (tertiary/aromatic N) is 1. The minimum absolute atomic E-state index is 0.0689. The zero-order chi connectivity index (χ0) is 13.9. The first-order chi connectivity index (χ1) is 9.00. The van der Waals surface area contributed by atoms with Crippen molar-refractivity contribution in [2.24, 2.45) is 0 Å². The molecule has 1 atom stereocenters. The maximum atomic E-state index is 12.2. The van der Waals surface area contributed by atoms with Crippen LogP contribution in [0.4, 0.5) is 0 Å². The van der Waals surface area contributed by atoms with Crippen LogP contribution in [0.1, 0.15) is 18.7 Å². The number of rotatable bonds is 4. The van der Waals surface area contributed by atoms with Crippen molar-refractivity contribution in [3.05, 3.63) is 59.4 Å². The molecule has 6 heteroatoms. The molecule has 0 aliphatic rings. The van der Waals surface area contributed by atoms with Gasteiger partial charge in [-0.1, -0.05) is 29.8 Å². The molecule has 0 aliphatic carbocycles. The first-order valence-electron chi connectivity index (χ1n) is 5.68. The lowest BCUT2D eigenvalue weighted by Crippen LogP contribution is -2.27. The second kappa shape index (κ2) is 5.69. The van der Waals surface area contributed by atoms with E-state index in [1.807, 2.05) is 6.07 Å². The molecule has 0 aliphatic heterocycles. The van der Waals surface area contributed by atoms with Crippen LogP contribution in [0.25, 0.3) is 0 Å². The highest BCUT2D eigenvalue weighted by Gasteiger charge is 2.21. The number of sulfonamides is 1. The number of halogens is 1. The summed E-state index contributed by atoms with van der Waals surface area (Å²) in [5.74, 6) is 0. The van der Waals surface area contributed by atoms with Gasteiger partial charge in [0.15, 0.2) is 0 Å². The first-order valence-corrected chi connectivity index (χ1v) is 7.54. The van der Waals surface area contributed by atoms with Gasteiger partial charge in [-0.25, -0.2) is 13.1 Å². The van der Waals surface area contributed by atoms with Gasteiger partial charge in [0.1, 0.15) is 4.90 Å². The zero-order valence-electron chi connectivity index (χ0n) is 10.2. The lowest BCUT2D eigenvalue weighted by atomic mass is 10.2. The maximum absolute atomic E-state index is 12.2. The van der Waals surface area contributed by atoms with Gasteiger partial charge in [0, 0.05) is 6.20 Å². The number of aromatic nitrogens is 1. The number of nitrogens with one attached hydrogen (secondary N) is 1. The highest BCUT2D eigenvalue weighted by atomic mass is 35.5. The topological polar surface area (TPSA) is 59.1 Å². The minimum atomic E-state index is -3.66.